The van der Waals surface area contributed by atoms with Gasteiger partial charge in [-0.15, -0.1) is 0 Å². The van der Waals surface area contributed by atoms with Gasteiger partial charge in [0.25, 0.3) is 0 Å². The van der Waals surface area contributed by atoms with Gasteiger partial charge in [0.05, 0.1) is 15.8 Å². The van der Waals surface area contributed by atoms with Crippen LogP contribution < -0.4 is 9.80 Å². The number of aromatic carboxylic acids is 1. The van der Waals surface area contributed by atoms with Gasteiger partial charge in [-0.1, -0.05) is 23.5 Å². The first-order chi connectivity index (χ1) is 11.7. The highest BCUT2D eigenvalue weighted by atomic mass is 32.1. The average molecular weight is 340 g/mol. The van der Waals surface area contributed by atoms with Crippen molar-refractivity contribution in [1.29, 1.82) is 0 Å². The molecule has 1 N–H and O–H groups in total. The van der Waals surface area contributed by atoms with Gasteiger partial charge in [-0.05, 0) is 24.3 Å². The minimum atomic E-state index is -0.924. The van der Waals surface area contributed by atoms with Crippen LogP contribution in [0.4, 0.5) is 10.9 Å². The van der Waals surface area contributed by atoms with Crippen LogP contribution in [0, 0.1) is 0 Å². The minimum Gasteiger partial charge on any atom is -0.478 e. The van der Waals surface area contributed by atoms with Gasteiger partial charge < -0.3 is 14.9 Å². The molecule has 1 aromatic carbocycles. The van der Waals surface area contributed by atoms with Gasteiger partial charge in [-0.2, -0.15) is 0 Å². The van der Waals surface area contributed by atoms with E-state index in [9.17, 15) is 4.79 Å². The lowest BCUT2D eigenvalue weighted by Crippen LogP contribution is -2.46. The van der Waals surface area contributed by atoms with E-state index in [-0.39, 0.29) is 5.56 Å². The van der Waals surface area contributed by atoms with Crippen LogP contribution >= 0.6 is 11.3 Å². The summed E-state index contributed by atoms with van der Waals surface area (Å²) in [6, 6.07) is 11.3. The topological polar surface area (TPSA) is 69.6 Å². The predicted molar refractivity (Wildman–Crippen MR) is 95.2 cm³/mol. The van der Waals surface area contributed by atoms with E-state index in [4.69, 9.17) is 10.1 Å². The van der Waals surface area contributed by atoms with E-state index in [0.717, 1.165) is 42.6 Å². The first-order valence-electron chi connectivity index (χ1n) is 7.75. The number of aromatic nitrogens is 2. The summed E-state index contributed by atoms with van der Waals surface area (Å²) in [5, 5.41) is 10.2. The van der Waals surface area contributed by atoms with Gasteiger partial charge >= 0.3 is 5.97 Å². The number of rotatable bonds is 3. The molecular weight excluding hydrogens is 324 g/mol. The minimum absolute atomic E-state index is 0.272. The fourth-order valence-electron chi connectivity index (χ4n) is 2.85. The third kappa shape index (κ3) is 2.78. The largest absolute Gasteiger partial charge is 0.478 e. The molecule has 0 unspecified atom stereocenters. The molecule has 0 bridgehead atoms. The van der Waals surface area contributed by atoms with Crippen LogP contribution in [-0.4, -0.2) is 47.2 Å². The quantitative estimate of drug-likeness (QED) is 0.791. The molecule has 7 heteroatoms. The summed E-state index contributed by atoms with van der Waals surface area (Å²) in [6.45, 7) is 3.29. The molecule has 0 radical (unpaired) electrons. The maximum atomic E-state index is 11.1. The molecule has 0 spiro atoms. The number of pyridine rings is 1. The lowest BCUT2D eigenvalue weighted by molar-refractivity contribution is 0.0697. The van der Waals surface area contributed by atoms with Gasteiger partial charge in [0, 0.05) is 32.4 Å². The Bertz CT molecular complexity index is 854. The molecule has 0 atom stereocenters. The number of fused-ring (bicyclic) bond motifs is 1. The van der Waals surface area contributed by atoms with Crippen molar-refractivity contribution in [3.05, 3.63) is 48.2 Å². The second-order valence-electron chi connectivity index (χ2n) is 5.65. The normalized spacial score (nSPS) is 15.0. The van der Waals surface area contributed by atoms with Crippen LogP contribution in [0.2, 0.25) is 0 Å². The van der Waals surface area contributed by atoms with E-state index in [0.29, 0.717) is 0 Å². The number of hydrogen-bond donors (Lipinski definition) is 1. The van der Waals surface area contributed by atoms with E-state index >= 15 is 0 Å². The standard InChI is InChI=1S/C17H16N4O2S/c22-16(23)12-5-6-18-15(11-12)20-7-9-21(10-8-20)17-19-13-3-1-2-4-14(13)24-17/h1-6,11H,7-10H2,(H,22,23). The fraction of sp³-hybridized carbons (Fsp3) is 0.235. The Hall–Kier alpha value is -2.67. The van der Waals surface area contributed by atoms with E-state index < -0.39 is 5.97 Å². The third-order valence-electron chi connectivity index (χ3n) is 4.15. The summed E-state index contributed by atoms with van der Waals surface area (Å²) in [5.41, 5.74) is 1.31. The lowest BCUT2D eigenvalue weighted by Gasteiger charge is -2.35. The number of thiazole rings is 1. The molecule has 1 aliphatic rings. The zero-order valence-electron chi connectivity index (χ0n) is 12.9. The number of hydrogen-bond acceptors (Lipinski definition) is 6. The van der Waals surface area contributed by atoms with Crippen molar-refractivity contribution in [3.63, 3.8) is 0 Å². The van der Waals surface area contributed by atoms with Crippen molar-refractivity contribution < 1.29 is 9.90 Å². The van der Waals surface area contributed by atoms with Crippen molar-refractivity contribution in [3.8, 4) is 0 Å². The first-order valence-corrected chi connectivity index (χ1v) is 8.57. The molecule has 1 fully saturated rings. The van der Waals surface area contributed by atoms with Crippen LogP contribution in [0.25, 0.3) is 10.2 Å². The van der Waals surface area contributed by atoms with Crippen molar-refractivity contribution >= 4 is 38.5 Å². The number of carbonyl (C=O) groups is 1. The number of para-hydroxylation sites is 1. The molecule has 3 aromatic rings. The number of nitrogens with zero attached hydrogens (tertiary/aromatic N) is 4. The monoisotopic (exact) mass is 340 g/mol. The molecule has 0 saturated carbocycles. The second-order valence-corrected chi connectivity index (χ2v) is 6.66. The Labute approximate surface area is 143 Å². The summed E-state index contributed by atoms with van der Waals surface area (Å²) < 4.78 is 1.20. The summed E-state index contributed by atoms with van der Waals surface area (Å²) in [7, 11) is 0. The smallest absolute Gasteiger partial charge is 0.335 e. The number of carboxylic acids is 1. The molecule has 1 saturated heterocycles. The highest BCUT2D eigenvalue weighted by molar-refractivity contribution is 7.22. The van der Waals surface area contributed by atoms with E-state index in [1.165, 1.54) is 10.8 Å². The molecule has 3 heterocycles. The third-order valence-corrected chi connectivity index (χ3v) is 5.25. The summed E-state index contributed by atoms with van der Waals surface area (Å²) >= 11 is 1.71. The van der Waals surface area contributed by atoms with Crippen LogP contribution in [0.1, 0.15) is 10.4 Å². The molecule has 122 valence electrons. The highest BCUT2D eigenvalue weighted by Crippen LogP contribution is 2.29. The maximum Gasteiger partial charge on any atom is 0.335 e. The average Bonchev–Trinajstić information content (AvgIpc) is 3.06. The van der Waals surface area contributed by atoms with E-state index in [1.807, 2.05) is 18.2 Å². The zero-order valence-corrected chi connectivity index (χ0v) is 13.7. The number of carboxylic acid groups (broad SMARTS) is 1. The Morgan fingerprint density at radius 3 is 2.58 bits per heavy atom. The Balaban J connectivity index is 1.48. The van der Waals surface area contributed by atoms with E-state index in [2.05, 4.69) is 20.9 Å². The van der Waals surface area contributed by atoms with E-state index in [1.54, 1.807) is 23.6 Å². The van der Waals surface area contributed by atoms with Crippen LogP contribution in [-0.2, 0) is 0 Å². The summed E-state index contributed by atoms with van der Waals surface area (Å²) in [6.07, 6.45) is 1.55. The molecule has 2 aromatic heterocycles. The summed E-state index contributed by atoms with van der Waals surface area (Å²) in [4.78, 5) is 24.5. The fourth-order valence-corrected chi connectivity index (χ4v) is 3.86. The molecular formula is C17H16N4O2S. The SMILES string of the molecule is O=C(O)c1ccnc(N2CCN(c3nc4ccccc4s3)CC2)c1. The first kappa shape index (κ1) is 14.9. The van der Waals surface area contributed by atoms with Crippen LogP contribution in [0.3, 0.4) is 0 Å². The number of piperazine rings is 1. The van der Waals surface area contributed by atoms with Gasteiger partial charge in [-0.25, -0.2) is 14.8 Å². The molecule has 1 aliphatic heterocycles. The number of anilines is 2. The van der Waals surface area contributed by atoms with Gasteiger partial charge in [0.15, 0.2) is 5.13 Å². The van der Waals surface area contributed by atoms with Gasteiger partial charge in [0.1, 0.15) is 5.82 Å². The van der Waals surface area contributed by atoms with Crippen LogP contribution in [0.15, 0.2) is 42.6 Å². The molecule has 0 amide bonds. The summed E-state index contributed by atoms with van der Waals surface area (Å²) in [5.74, 6) is -0.203. The molecule has 6 nitrogen and oxygen atoms in total. The second kappa shape index (κ2) is 6.09. The predicted octanol–water partition coefficient (Wildman–Crippen LogP) is 2.72. The Morgan fingerprint density at radius 1 is 1.08 bits per heavy atom. The van der Waals surface area contributed by atoms with Crippen molar-refractivity contribution in [2.75, 3.05) is 36.0 Å². The van der Waals surface area contributed by atoms with Gasteiger partial charge in [-0.3, -0.25) is 0 Å². The van der Waals surface area contributed by atoms with Crippen LogP contribution in [0.5, 0.6) is 0 Å². The van der Waals surface area contributed by atoms with Crippen molar-refractivity contribution in [2.24, 2.45) is 0 Å². The zero-order chi connectivity index (χ0) is 16.5. The Morgan fingerprint density at radius 2 is 1.83 bits per heavy atom. The highest BCUT2D eigenvalue weighted by Gasteiger charge is 2.21. The lowest BCUT2D eigenvalue weighted by atomic mass is 10.2. The number of benzene rings is 1. The molecule has 24 heavy (non-hydrogen) atoms. The molecule has 4 rings (SSSR count). The Kier molecular flexibility index (Phi) is 3.78. The van der Waals surface area contributed by atoms with Gasteiger partial charge in [0.2, 0.25) is 0 Å². The molecule has 0 aliphatic carbocycles. The van der Waals surface area contributed by atoms with Crippen molar-refractivity contribution in [1.82, 2.24) is 9.97 Å². The maximum absolute atomic E-state index is 11.1. The van der Waals surface area contributed by atoms with Crippen molar-refractivity contribution in [2.45, 2.75) is 0 Å².